The number of aliphatic hydroxyl groups is 1. The van der Waals surface area contributed by atoms with Gasteiger partial charge in [0.2, 0.25) is 0 Å². The van der Waals surface area contributed by atoms with Gasteiger partial charge in [-0.15, -0.1) is 0 Å². The molecule has 7 heavy (non-hydrogen) atoms. The quantitative estimate of drug-likeness (QED) is 0.291. The van der Waals surface area contributed by atoms with Gasteiger partial charge in [-0.25, -0.2) is 4.89 Å². The standard InChI is InChI=1S/C2H6O3.2Mg.4H/c3-1-2-5-4;;;;;;/h3-4H,1-2H2;;;;;;/q;2*+2;4*-1. The zero-order valence-electron chi connectivity index (χ0n) is 8.13. The summed E-state index contributed by atoms with van der Waals surface area (Å²) >= 11 is 0. The second-order valence-corrected chi connectivity index (χ2v) is 0.557. The average Bonchev–Trinajstić information content (AvgIpc) is 1.41. The van der Waals surface area contributed by atoms with Crippen LogP contribution in [-0.2, 0) is 4.89 Å². The van der Waals surface area contributed by atoms with Crippen molar-refractivity contribution in [1.82, 2.24) is 0 Å². The van der Waals surface area contributed by atoms with Gasteiger partial charge in [0.1, 0.15) is 6.61 Å². The zero-order chi connectivity index (χ0) is 4.12. The van der Waals surface area contributed by atoms with Crippen LogP contribution < -0.4 is 0 Å². The number of aliphatic hydroxyl groups excluding tert-OH is 1. The number of hydrogen-bond donors (Lipinski definition) is 2. The summed E-state index contributed by atoms with van der Waals surface area (Å²) in [6, 6.07) is 0. The first-order valence-corrected chi connectivity index (χ1v) is 1.29. The maximum absolute atomic E-state index is 7.78. The summed E-state index contributed by atoms with van der Waals surface area (Å²) < 4.78 is 0. The van der Waals surface area contributed by atoms with Crippen LogP contribution in [0.1, 0.15) is 5.71 Å². The first-order chi connectivity index (χ1) is 2.41. The SMILES string of the molecule is OCCOO.[H-].[H-].[H-].[H-].[Mg+2].[Mg+2]. The molecular weight excluding hydrogens is 121 g/mol. The molecule has 2 N–H and O–H groups in total. The van der Waals surface area contributed by atoms with E-state index in [4.69, 9.17) is 10.4 Å². The summed E-state index contributed by atoms with van der Waals surface area (Å²) in [6.45, 7) is -0.128. The molecule has 0 radical (unpaired) electrons. The minimum Gasteiger partial charge on any atom is -1.00 e. The Balaban J connectivity index is -0.00000000533. The van der Waals surface area contributed by atoms with Crippen LogP contribution >= 0.6 is 0 Å². The summed E-state index contributed by atoms with van der Waals surface area (Å²) in [6.07, 6.45) is 0. The van der Waals surface area contributed by atoms with Crippen LogP contribution in [0, 0.1) is 0 Å². The molecule has 0 rings (SSSR count). The largest absolute Gasteiger partial charge is 2.00 e. The molecule has 0 aromatic heterocycles. The molecule has 5 heteroatoms. The first-order valence-electron chi connectivity index (χ1n) is 1.29. The Labute approximate surface area is 80.2 Å². The van der Waals surface area contributed by atoms with E-state index >= 15 is 0 Å². The molecule has 0 fully saturated rings. The van der Waals surface area contributed by atoms with Crippen molar-refractivity contribution in [2.75, 3.05) is 13.2 Å². The Morgan fingerprint density at radius 2 is 1.86 bits per heavy atom. The van der Waals surface area contributed by atoms with Crippen LogP contribution in [0.15, 0.2) is 0 Å². The van der Waals surface area contributed by atoms with Crippen LogP contribution in [0.4, 0.5) is 0 Å². The van der Waals surface area contributed by atoms with Crippen molar-refractivity contribution in [2.45, 2.75) is 0 Å². The molecule has 0 amide bonds. The summed E-state index contributed by atoms with van der Waals surface area (Å²) in [5.41, 5.74) is 0. The predicted molar refractivity (Wildman–Crippen MR) is 31.6 cm³/mol. The molecular formula is C2H10Mg2O3. The number of hydrogen-bond acceptors (Lipinski definition) is 3. The smallest absolute Gasteiger partial charge is 1.00 e. The third-order valence-corrected chi connectivity index (χ3v) is 0.183. The molecule has 0 aliphatic heterocycles. The van der Waals surface area contributed by atoms with Gasteiger partial charge in [0.25, 0.3) is 0 Å². The van der Waals surface area contributed by atoms with E-state index in [9.17, 15) is 0 Å². The van der Waals surface area contributed by atoms with Crippen molar-refractivity contribution in [1.29, 1.82) is 0 Å². The monoisotopic (exact) mass is 130 g/mol. The Bertz CT molecular complexity index is 28.8. The van der Waals surface area contributed by atoms with Crippen molar-refractivity contribution < 1.29 is 21.0 Å². The molecule has 0 heterocycles. The maximum atomic E-state index is 7.78. The molecule has 0 aliphatic carbocycles. The predicted octanol–water partition coefficient (Wildman–Crippen LogP) is -0.843. The van der Waals surface area contributed by atoms with E-state index in [1.54, 1.807) is 0 Å². The molecule has 3 nitrogen and oxygen atoms in total. The van der Waals surface area contributed by atoms with Gasteiger partial charge in [-0.3, -0.25) is 5.26 Å². The van der Waals surface area contributed by atoms with Gasteiger partial charge in [0, 0.05) is 0 Å². The van der Waals surface area contributed by atoms with Crippen LogP contribution in [0.2, 0.25) is 0 Å². The van der Waals surface area contributed by atoms with Gasteiger partial charge in [-0.1, -0.05) is 0 Å². The first kappa shape index (κ1) is 15.8. The van der Waals surface area contributed by atoms with Crippen LogP contribution in [0.5, 0.6) is 0 Å². The molecule has 0 aromatic rings. The second kappa shape index (κ2) is 15.7. The van der Waals surface area contributed by atoms with E-state index < -0.39 is 0 Å². The van der Waals surface area contributed by atoms with Gasteiger partial charge in [-0.05, 0) is 0 Å². The van der Waals surface area contributed by atoms with E-state index in [0.717, 1.165) is 0 Å². The molecule has 0 saturated heterocycles. The Morgan fingerprint density at radius 3 is 1.86 bits per heavy atom. The normalized spacial score (nSPS) is 6.00. The van der Waals surface area contributed by atoms with Gasteiger partial charge < -0.3 is 10.8 Å². The van der Waals surface area contributed by atoms with E-state index in [-0.39, 0.29) is 65.0 Å². The molecule has 0 aliphatic rings. The summed E-state index contributed by atoms with van der Waals surface area (Å²) in [4.78, 5) is 3.44. The fourth-order valence-corrected chi connectivity index (χ4v) is 0.0408. The number of rotatable bonds is 2. The average molecular weight is 131 g/mol. The van der Waals surface area contributed by atoms with E-state index in [0.29, 0.717) is 0 Å². The summed E-state index contributed by atoms with van der Waals surface area (Å²) in [5.74, 6) is 0. The van der Waals surface area contributed by atoms with Gasteiger partial charge in [0.05, 0.1) is 6.61 Å². The summed E-state index contributed by atoms with van der Waals surface area (Å²) in [5, 5.41) is 15.2. The zero-order valence-corrected chi connectivity index (χ0v) is 6.96. The Morgan fingerprint density at radius 1 is 1.43 bits per heavy atom. The Hall–Kier alpha value is 1.41. The van der Waals surface area contributed by atoms with Crippen molar-refractivity contribution in [2.24, 2.45) is 0 Å². The van der Waals surface area contributed by atoms with E-state index in [2.05, 4.69) is 4.89 Å². The minimum absolute atomic E-state index is 0. The van der Waals surface area contributed by atoms with Crippen molar-refractivity contribution in [3.63, 3.8) is 0 Å². The van der Waals surface area contributed by atoms with E-state index in [1.165, 1.54) is 0 Å². The molecule has 0 atom stereocenters. The third kappa shape index (κ3) is 18.6. The summed E-state index contributed by atoms with van der Waals surface area (Å²) in [7, 11) is 0. The van der Waals surface area contributed by atoms with Crippen LogP contribution in [-0.4, -0.2) is 69.7 Å². The fourth-order valence-electron chi connectivity index (χ4n) is 0.0408. The van der Waals surface area contributed by atoms with Crippen LogP contribution in [0.3, 0.4) is 0 Å². The molecule has 0 saturated carbocycles. The topological polar surface area (TPSA) is 49.7 Å². The second-order valence-electron chi connectivity index (χ2n) is 0.557. The van der Waals surface area contributed by atoms with Crippen molar-refractivity contribution in [3.05, 3.63) is 0 Å². The van der Waals surface area contributed by atoms with Gasteiger partial charge >= 0.3 is 46.1 Å². The van der Waals surface area contributed by atoms with Crippen molar-refractivity contribution in [3.8, 4) is 0 Å². The Kier molecular flexibility index (Phi) is 35.3. The van der Waals surface area contributed by atoms with E-state index in [1.807, 2.05) is 0 Å². The van der Waals surface area contributed by atoms with Gasteiger partial charge in [-0.2, -0.15) is 0 Å². The maximum Gasteiger partial charge on any atom is 2.00 e. The van der Waals surface area contributed by atoms with Crippen LogP contribution in [0.25, 0.3) is 0 Å². The van der Waals surface area contributed by atoms with Crippen molar-refractivity contribution >= 4 is 46.1 Å². The molecule has 0 spiro atoms. The molecule has 0 aromatic carbocycles. The molecule has 0 bridgehead atoms. The third-order valence-electron chi connectivity index (χ3n) is 0.183. The fraction of sp³-hybridized carbons (Fsp3) is 1.00. The van der Waals surface area contributed by atoms with Gasteiger partial charge in [0.15, 0.2) is 0 Å². The minimum atomic E-state index is -0.128. The molecule has 0 unspecified atom stereocenters. The molecule has 40 valence electrons.